The van der Waals surface area contributed by atoms with Gasteiger partial charge in [-0.2, -0.15) is 0 Å². The number of carboxylic acids is 1. The summed E-state index contributed by atoms with van der Waals surface area (Å²) in [6.07, 6.45) is -9.68. The number of carboxylic acid groups (broad SMARTS) is 1. The van der Waals surface area contributed by atoms with Crippen LogP contribution >= 0.6 is 78.3 Å². The van der Waals surface area contributed by atoms with Crippen LogP contribution in [0, 0.1) is 17.5 Å². The maximum Gasteiger partial charge on any atom is 0.349 e. The van der Waals surface area contributed by atoms with Crippen molar-refractivity contribution in [3.05, 3.63) is 261 Å². The molecule has 0 bridgehead atoms. The fraction of sp³-hybridized carbons (Fsp3) is 0.348. The van der Waals surface area contributed by atoms with Gasteiger partial charge in [0, 0.05) is 125 Å². The highest BCUT2D eigenvalue weighted by molar-refractivity contribution is 9.10. The number of rotatable bonds is 28. The second-order valence-electron chi connectivity index (χ2n) is 30.3. The molecule has 8 N–H and O–H groups in total. The fourth-order valence-corrected chi connectivity index (χ4v) is 16.7. The second-order valence-corrected chi connectivity index (χ2v) is 33.9. The molecule has 130 heavy (non-hydrogen) atoms. The number of ether oxygens (including phenoxy) is 5. The first-order valence-corrected chi connectivity index (χ1v) is 43.9. The summed E-state index contributed by atoms with van der Waals surface area (Å²) in [6.45, 7) is 5.00. The first-order valence-electron chi connectivity index (χ1n) is 40.8. The number of benzene rings is 8. The molecule has 12 atom stereocenters. The molecule has 12 rings (SSSR count). The number of aliphatic hydroxyl groups is 4. The predicted molar refractivity (Wildman–Crippen MR) is 477 cm³/mol. The van der Waals surface area contributed by atoms with Crippen molar-refractivity contribution in [1.82, 2.24) is 35.6 Å². The summed E-state index contributed by atoms with van der Waals surface area (Å²) in [5.74, 6) is -11.9. The molecule has 8 aromatic carbocycles. The monoisotopic (exact) mass is 2000 g/mol. The van der Waals surface area contributed by atoms with Crippen molar-refractivity contribution in [1.29, 1.82) is 0 Å². The van der Waals surface area contributed by atoms with Gasteiger partial charge in [-0.15, -0.1) is 0 Å². The molecule has 0 aliphatic carbocycles. The van der Waals surface area contributed by atoms with Crippen molar-refractivity contribution >= 4 is 149 Å². The van der Waals surface area contributed by atoms with Gasteiger partial charge in [0.15, 0.2) is 24.4 Å². The minimum atomic E-state index is -2.01. The average molecular weight is 2010 g/mol. The zero-order chi connectivity index (χ0) is 94.9. The van der Waals surface area contributed by atoms with Crippen molar-refractivity contribution in [3.8, 4) is 16.9 Å². The summed E-state index contributed by atoms with van der Waals surface area (Å²) in [5, 5.41) is 60.0. The Morgan fingerprint density at radius 3 is 1.02 bits per heavy atom. The summed E-state index contributed by atoms with van der Waals surface area (Å²) in [6, 6.07) is 47.3. The lowest BCUT2D eigenvalue weighted by molar-refractivity contribution is -0.183. The van der Waals surface area contributed by atoms with Crippen molar-refractivity contribution in [2.45, 2.75) is 172 Å². The van der Waals surface area contributed by atoms with E-state index in [2.05, 4.69) is 47.8 Å². The highest BCUT2D eigenvalue weighted by atomic mass is 79.9. The molecule has 8 aromatic rings. The molecule has 7 amide bonds. The van der Waals surface area contributed by atoms with Crippen LogP contribution in [0.1, 0.15) is 142 Å². The van der Waals surface area contributed by atoms with Gasteiger partial charge in [0.1, 0.15) is 23.2 Å². The molecule has 0 aromatic heterocycles. The first-order chi connectivity index (χ1) is 61.8. The third kappa shape index (κ3) is 28.2. The standard InChI is InChI=1S/C28H28ClFN2O5.C25H25BrClFN2O6.C21H21BrClFN2O4.C18H20ClNO7/c1-37-24-10-3-2-8-21(24)17-11-12-19(22(30)15-17)16-31-27(35)25(33)26(34)28(36)32-13-5-9-23(32)18-6-4-7-20(29)14-18;1-14(31)35-22(24(33)29-13-17-8-9-18(26)12-20(17)28)23(36-15(2)32)25(34)30-10-4-7-21(30)16-5-3-6-19(27)11-16;22-14-7-6-13(16(24)10-14)11-25-20(29)18(27)19(28)21(30)26-8-2-5-17(26)12-3-1-4-15(23)9-12;1-10(21)26-15(16(18(24)25)27-11(2)22)17(23)20-8-4-7-14(20)12-5-3-6-13(19)9-12/h2-4,6-8,10-12,14-15,23,25-26,33-34H,5,9,13,16H2,1H3,(H,31,35);3,5-6,8-9,11-12,21-23H,4,7,10,13H2,1-2H3,(H,29,33);1,3-4,6-7,9-10,17-19,27-28H,2,5,8,11H2,(H,25,29);3,5-6,9,14-16H,4,7-8H2,1-2H3,(H,24,25)/t23?,25-,26-;21?,22-,23-;17?,18-,19-;14?,15-,16-/m1111/s1. The number of methoxy groups -OCH3 is 1. The van der Waals surface area contributed by atoms with E-state index in [1.54, 1.807) is 103 Å². The number of carbonyl (C=O) groups excluding carboxylic acids is 11. The second kappa shape index (κ2) is 48.7. The van der Waals surface area contributed by atoms with Crippen LogP contribution < -0.4 is 20.7 Å². The number of carbonyl (C=O) groups is 12. The quantitative estimate of drug-likeness (QED) is 0.0167. The SMILES string of the molecule is CC(=O)O[C@@H](C(=O)NCc1ccc(Br)cc1F)[C@@H](OC(C)=O)C(=O)N1CCCC1c1cccc(Cl)c1.CC(=O)O[C@@H](C(=O)O)[C@@H](OC(C)=O)C(=O)N1CCCC1c1cccc(Cl)c1.COc1ccccc1-c1ccc(CNC(=O)[C@H](O)[C@@H](O)C(=O)N2CCCC2c2cccc(Cl)c2)c(F)c1.O=C(NCc1ccc(Br)cc1F)[C@H](O)[C@@H](O)C(=O)N1CCCC1c1cccc(Cl)c1. The number of nitrogens with zero attached hydrogens (tertiary/aromatic N) is 4. The Hall–Kier alpha value is -11.1. The summed E-state index contributed by atoms with van der Waals surface area (Å²) in [5.41, 5.74) is 5.09. The van der Waals surface area contributed by atoms with Crippen LogP contribution in [0.4, 0.5) is 13.2 Å². The molecule has 0 radical (unpaired) electrons. The number of hydrogen-bond acceptors (Lipinski definition) is 21. The molecular formula is C92H94Br2Cl4F3N7O22. The topological polar surface area (TPSA) is 401 Å². The number of aliphatic hydroxyl groups excluding tert-OH is 4. The highest BCUT2D eigenvalue weighted by Crippen LogP contribution is 2.40. The summed E-state index contributed by atoms with van der Waals surface area (Å²) in [4.78, 5) is 154. The van der Waals surface area contributed by atoms with Gasteiger partial charge in [-0.05, 0) is 164 Å². The van der Waals surface area contributed by atoms with Crippen LogP contribution in [0.2, 0.25) is 20.1 Å². The lowest BCUT2D eigenvalue weighted by atomic mass is 10.0. The van der Waals surface area contributed by atoms with Gasteiger partial charge in [-0.1, -0.05) is 169 Å². The van der Waals surface area contributed by atoms with E-state index < -0.39 is 137 Å². The molecule has 0 spiro atoms. The third-order valence-corrected chi connectivity index (χ3v) is 23.2. The van der Waals surface area contributed by atoms with E-state index in [1.165, 1.54) is 63.1 Å². The zero-order valence-electron chi connectivity index (χ0n) is 70.6. The smallest absolute Gasteiger partial charge is 0.349 e. The van der Waals surface area contributed by atoms with E-state index in [-0.39, 0.29) is 60.5 Å². The van der Waals surface area contributed by atoms with E-state index in [9.17, 15) is 96.2 Å². The van der Waals surface area contributed by atoms with Crippen LogP contribution in [-0.2, 0) is 96.1 Å². The molecule has 38 heteroatoms. The van der Waals surface area contributed by atoms with Crippen molar-refractivity contribution in [3.63, 3.8) is 0 Å². The summed E-state index contributed by atoms with van der Waals surface area (Å²) < 4.78 is 69.3. The largest absolute Gasteiger partial charge is 0.496 e. The molecule has 4 aliphatic rings. The van der Waals surface area contributed by atoms with Crippen LogP contribution in [0.25, 0.3) is 11.1 Å². The van der Waals surface area contributed by atoms with E-state index in [1.807, 2.05) is 36.4 Å². The Bertz CT molecular complexity index is 5440. The number of para-hydroxylation sites is 1. The maximum atomic E-state index is 14.8. The Kier molecular flexibility index (Phi) is 38.5. The molecule has 4 aliphatic heterocycles. The number of halogens is 9. The van der Waals surface area contributed by atoms with Crippen molar-refractivity contribution in [2.24, 2.45) is 0 Å². The van der Waals surface area contributed by atoms with Gasteiger partial charge in [0.25, 0.3) is 41.4 Å². The number of amides is 7. The lowest BCUT2D eigenvalue weighted by Crippen LogP contribution is -2.53. The van der Waals surface area contributed by atoms with Gasteiger partial charge in [0.05, 0.1) is 31.3 Å². The number of aliphatic carboxylic acids is 1. The zero-order valence-corrected chi connectivity index (χ0v) is 76.8. The van der Waals surface area contributed by atoms with Crippen LogP contribution in [0.3, 0.4) is 0 Å². The van der Waals surface area contributed by atoms with Crippen molar-refractivity contribution < 1.29 is 120 Å². The summed E-state index contributed by atoms with van der Waals surface area (Å²) >= 11 is 30.6. The molecule has 4 heterocycles. The molecular weight excluding hydrogens is 1910 g/mol. The van der Waals surface area contributed by atoms with Crippen LogP contribution in [0.15, 0.2) is 185 Å². The Morgan fingerprint density at radius 1 is 0.385 bits per heavy atom. The van der Waals surface area contributed by atoms with Gasteiger partial charge in [-0.3, -0.25) is 52.7 Å². The molecule has 0 saturated carbocycles. The molecule has 29 nitrogen and oxygen atoms in total. The normalized spacial score (nSPS) is 17.4. The van der Waals surface area contributed by atoms with Gasteiger partial charge < -0.3 is 84.8 Å². The third-order valence-electron chi connectivity index (χ3n) is 21.3. The summed E-state index contributed by atoms with van der Waals surface area (Å²) in [7, 11) is 1.53. The minimum absolute atomic E-state index is 0.170. The van der Waals surface area contributed by atoms with E-state index >= 15 is 0 Å². The number of likely N-dealkylation sites (tertiary alicyclic amines) is 4. The predicted octanol–water partition coefficient (Wildman–Crippen LogP) is 12.8. The maximum absolute atomic E-state index is 14.8. The molecule has 692 valence electrons. The highest BCUT2D eigenvalue weighted by Gasteiger charge is 2.48. The van der Waals surface area contributed by atoms with E-state index in [0.717, 1.165) is 61.9 Å². The van der Waals surface area contributed by atoms with Crippen molar-refractivity contribution in [2.75, 3.05) is 33.3 Å². The molecule has 4 unspecified atom stereocenters. The number of esters is 4. The van der Waals surface area contributed by atoms with Gasteiger partial charge in [-0.25, -0.2) is 18.0 Å². The molecule has 4 saturated heterocycles. The Morgan fingerprint density at radius 2 is 0.692 bits per heavy atom. The average Bonchev–Trinajstić information content (AvgIpc) is 1.70. The van der Waals surface area contributed by atoms with Crippen LogP contribution in [-0.4, -0.2) is 198 Å². The van der Waals surface area contributed by atoms with E-state index in [0.29, 0.717) is 111 Å². The minimum Gasteiger partial charge on any atom is -0.496 e. The number of nitrogens with one attached hydrogen (secondary N) is 3. The van der Waals surface area contributed by atoms with Gasteiger partial charge >= 0.3 is 29.8 Å². The number of hydrogen-bond donors (Lipinski definition) is 8. The van der Waals surface area contributed by atoms with Gasteiger partial charge in [0.2, 0.25) is 24.4 Å². The van der Waals surface area contributed by atoms with Crippen LogP contribution in [0.5, 0.6) is 5.75 Å². The Balaban J connectivity index is 0.000000197. The lowest BCUT2D eigenvalue weighted by Gasteiger charge is -2.31. The fourth-order valence-electron chi connectivity index (χ4n) is 15.2. The first kappa shape index (κ1) is 103. The van der Waals surface area contributed by atoms with E-state index in [4.69, 9.17) is 70.1 Å². The molecule has 4 fully saturated rings. The Labute approximate surface area is 782 Å².